The number of nitrogen functional groups attached to an aromatic ring is 1. The van der Waals surface area contributed by atoms with E-state index >= 15 is 0 Å². The van der Waals surface area contributed by atoms with Crippen molar-refractivity contribution in [2.45, 2.75) is 19.9 Å². The van der Waals surface area contributed by atoms with E-state index in [0.29, 0.717) is 11.9 Å². The summed E-state index contributed by atoms with van der Waals surface area (Å²) in [6.07, 6.45) is 0. The number of anilines is 2. The molecular formula is C7H14N4. The van der Waals surface area contributed by atoms with Crippen LogP contribution in [0.15, 0.2) is 6.07 Å². The number of nitrogens with zero attached hydrogens (tertiary/aromatic N) is 2. The van der Waals surface area contributed by atoms with Crippen molar-refractivity contribution in [1.29, 1.82) is 0 Å². The summed E-state index contributed by atoms with van der Waals surface area (Å²) in [6.45, 7) is 4.09. The third kappa shape index (κ3) is 1.45. The summed E-state index contributed by atoms with van der Waals surface area (Å²) in [5.41, 5.74) is 5.68. The largest absolute Gasteiger partial charge is 0.384 e. The molecule has 11 heavy (non-hydrogen) atoms. The molecule has 3 N–H and O–H groups in total. The van der Waals surface area contributed by atoms with Crippen LogP contribution in [0.1, 0.15) is 19.9 Å². The van der Waals surface area contributed by atoms with Gasteiger partial charge in [-0.1, -0.05) is 0 Å². The van der Waals surface area contributed by atoms with Crippen LogP contribution in [0.3, 0.4) is 0 Å². The van der Waals surface area contributed by atoms with E-state index in [1.807, 2.05) is 27.0 Å². The Labute approximate surface area is 66.4 Å². The van der Waals surface area contributed by atoms with Crippen molar-refractivity contribution in [1.82, 2.24) is 9.78 Å². The fraction of sp³-hybridized carbons (Fsp3) is 0.571. The Morgan fingerprint density at radius 3 is 2.55 bits per heavy atom. The molecule has 0 spiro atoms. The van der Waals surface area contributed by atoms with Crippen LogP contribution in [0.2, 0.25) is 0 Å². The van der Waals surface area contributed by atoms with Crippen molar-refractivity contribution in [3.8, 4) is 0 Å². The zero-order valence-corrected chi connectivity index (χ0v) is 7.13. The lowest BCUT2D eigenvalue weighted by Gasteiger charge is -2.06. The van der Waals surface area contributed by atoms with Gasteiger partial charge < -0.3 is 11.1 Å². The molecule has 1 rings (SSSR count). The van der Waals surface area contributed by atoms with Crippen LogP contribution in [0.25, 0.3) is 0 Å². The molecule has 0 fully saturated rings. The fourth-order valence-corrected chi connectivity index (χ4v) is 0.945. The molecule has 0 unspecified atom stereocenters. The van der Waals surface area contributed by atoms with E-state index in [2.05, 4.69) is 10.4 Å². The normalized spacial score (nSPS) is 10.5. The molecule has 1 aromatic heterocycles. The molecule has 1 aromatic rings. The lowest BCUT2D eigenvalue weighted by molar-refractivity contribution is 0.542. The number of aromatic nitrogens is 2. The molecule has 4 nitrogen and oxygen atoms in total. The van der Waals surface area contributed by atoms with E-state index in [4.69, 9.17) is 5.73 Å². The van der Waals surface area contributed by atoms with Crippen LogP contribution in [-0.4, -0.2) is 16.8 Å². The van der Waals surface area contributed by atoms with Gasteiger partial charge in [0.2, 0.25) is 0 Å². The van der Waals surface area contributed by atoms with Gasteiger partial charge in [0.25, 0.3) is 0 Å². The molecule has 0 aliphatic carbocycles. The van der Waals surface area contributed by atoms with Gasteiger partial charge >= 0.3 is 0 Å². The van der Waals surface area contributed by atoms with Gasteiger partial charge in [-0.05, 0) is 13.8 Å². The summed E-state index contributed by atoms with van der Waals surface area (Å²) in [7, 11) is 1.83. The Balaban J connectivity index is 2.97. The number of nitrogens with one attached hydrogen (secondary N) is 1. The Hall–Kier alpha value is -1.19. The van der Waals surface area contributed by atoms with Gasteiger partial charge in [-0.25, -0.2) is 4.68 Å². The summed E-state index contributed by atoms with van der Waals surface area (Å²) in [5, 5.41) is 7.14. The first-order valence-corrected chi connectivity index (χ1v) is 3.68. The molecule has 0 bridgehead atoms. The van der Waals surface area contributed by atoms with Crippen molar-refractivity contribution in [3.63, 3.8) is 0 Å². The highest BCUT2D eigenvalue weighted by Gasteiger charge is 2.05. The maximum Gasteiger partial charge on any atom is 0.149 e. The van der Waals surface area contributed by atoms with Crippen molar-refractivity contribution in [3.05, 3.63) is 6.07 Å². The third-order valence-corrected chi connectivity index (χ3v) is 1.51. The van der Waals surface area contributed by atoms with Gasteiger partial charge in [0.15, 0.2) is 0 Å². The average molecular weight is 154 g/mol. The number of hydrogen-bond donors (Lipinski definition) is 2. The number of hydrogen-bond acceptors (Lipinski definition) is 3. The number of rotatable bonds is 2. The highest BCUT2D eigenvalue weighted by Crippen LogP contribution is 2.15. The van der Waals surface area contributed by atoms with Crippen LogP contribution in [0.5, 0.6) is 0 Å². The molecule has 1 heterocycles. The van der Waals surface area contributed by atoms with Gasteiger partial charge in [-0.15, -0.1) is 0 Å². The molecule has 0 aromatic carbocycles. The van der Waals surface area contributed by atoms with E-state index in [0.717, 1.165) is 5.82 Å². The third-order valence-electron chi connectivity index (χ3n) is 1.51. The van der Waals surface area contributed by atoms with E-state index in [1.165, 1.54) is 0 Å². The summed E-state index contributed by atoms with van der Waals surface area (Å²) in [4.78, 5) is 0. The van der Waals surface area contributed by atoms with Crippen molar-refractivity contribution in [2.75, 3.05) is 18.1 Å². The van der Waals surface area contributed by atoms with Gasteiger partial charge in [-0.3, -0.25) is 0 Å². The lowest BCUT2D eigenvalue weighted by atomic mass is 10.4. The summed E-state index contributed by atoms with van der Waals surface area (Å²) < 4.78 is 1.78. The Kier molecular flexibility index (Phi) is 2.03. The van der Waals surface area contributed by atoms with Gasteiger partial charge in [0.05, 0.1) is 0 Å². The molecule has 0 saturated carbocycles. The Morgan fingerprint density at radius 1 is 1.64 bits per heavy atom. The first-order valence-electron chi connectivity index (χ1n) is 3.68. The molecular weight excluding hydrogens is 140 g/mol. The van der Waals surface area contributed by atoms with Crippen molar-refractivity contribution >= 4 is 11.6 Å². The van der Waals surface area contributed by atoms with Crippen LogP contribution in [-0.2, 0) is 0 Å². The van der Waals surface area contributed by atoms with E-state index in [1.54, 1.807) is 4.68 Å². The van der Waals surface area contributed by atoms with Crippen LogP contribution >= 0.6 is 0 Å². The van der Waals surface area contributed by atoms with Crippen LogP contribution in [0, 0.1) is 0 Å². The molecule has 0 saturated heterocycles. The Bertz CT molecular complexity index is 239. The standard InChI is InChI=1S/C7H14N4/c1-5(2)11-6(8)4-7(9-3)10-11/h4-5H,8H2,1-3H3,(H,9,10). The fourth-order valence-electron chi connectivity index (χ4n) is 0.945. The maximum atomic E-state index is 5.68. The molecule has 0 amide bonds. The van der Waals surface area contributed by atoms with Gasteiger partial charge in [0, 0.05) is 19.2 Å². The molecule has 0 aliphatic rings. The molecule has 0 radical (unpaired) electrons. The zero-order valence-electron chi connectivity index (χ0n) is 7.13. The second kappa shape index (κ2) is 2.82. The van der Waals surface area contributed by atoms with E-state index in [-0.39, 0.29) is 0 Å². The monoisotopic (exact) mass is 154 g/mol. The molecule has 4 heteroatoms. The quantitative estimate of drug-likeness (QED) is 0.670. The highest BCUT2D eigenvalue weighted by molar-refractivity contribution is 5.45. The van der Waals surface area contributed by atoms with E-state index < -0.39 is 0 Å². The van der Waals surface area contributed by atoms with Gasteiger partial charge in [0.1, 0.15) is 11.6 Å². The summed E-state index contributed by atoms with van der Waals surface area (Å²) in [6, 6.07) is 2.14. The molecule has 62 valence electrons. The highest BCUT2D eigenvalue weighted by atomic mass is 15.3. The van der Waals surface area contributed by atoms with Gasteiger partial charge in [-0.2, -0.15) is 5.10 Å². The second-order valence-electron chi connectivity index (χ2n) is 2.74. The zero-order chi connectivity index (χ0) is 8.43. The first-order chi connectivity index (χ1) is 5.15. The first kappa shape index (κ1) is 7.91. The SMILES string of the molecule is CNc1cc(N)n(C(C)C)n1. The van der Waals surface area contributed by atoms with Crippen molar-refractivity contribution < 1.29 is 0 Å². The topological polar surface area (TPSA) is 55.9 Å². The average Bonchev–Trinajstić information content (AvgIpc) is 2.30. The van der Waals surface area contributed by atoms with E-state index in [9.17, 15) is 0 Å². The minimum absolute atomic E-state index is 0.317. The number of nitrogens with two attached hydrogens (primary N) is 1. The Morgan fingerprint density at radius 2 is 2.27 bits per heavy atom. The maximum absolute atomic E-state index is 5.68. The summed E-state index contributed by atoms with van der Waals surface area (Å²) >= 11 is 0. The van der Waals surface area contributed by atoms with Crippen LogP contribution in [0.4, 0.5) is 11.6 Å². The lowest BCUT2D eigenvalue weighted by Crippen LogP contribution is -2.06. The predicted molar refractivity (Wildman–Crippen MR) is 46.6 cm³/mol. The predicted octanol–water partition coefficient (Wildman–Crippen LogP) is 1.09. The summed E-state index contributed by atoms with van der Waals surface area (Å²) in [5.74, 6) is 1.51. The minimum Gasteiger partial charge on any atom is -0.384 e. The smallest absolute Gasteiger partial charge is 0.149 e. The molecule has 0 aliphatic heterocycles. The van der Waals surface area contributed by atoms with Crippen molar-refractivity contribution in [2.24, 2.45) is 0 Å². The second-order valence-corrected chi connectivity index (χ2v) is 2.74. The molecule has 0 atom stereocenters. The van der Waals surface area contributed by atoms with Crippen LogP contribution < -0.4 is 11.1 Å². The minimum atomic E-state index is 0.317.